The molecule has 8 nitrogen and oxygen atoms in total. The minimum atomic E-state index is -0.563. The lowest BCUT2D eigenvalue weighted by molar-refractivity contribution is -0.155. The van der Waals surface area contributed by atoms with Gasteiger partial charge in [-0.3, -0.25) is 24.1 Å². The normalized spacial score (nSPS) is 32.6. The van der Waals surface area contributed by atoms with Crippen LogP contribution in [0.3, 0.4) is 0 Å². The van der Waals surface area contributed by atoms with Crippen LogP contribution in [0.5, 0.6) is 5.75 Å². The number of likely N-dealkylation sites (tertiary alicyclic amines) is 1. The number of aromatic nitrogens is 1. The van der Waals surface area contributed by atoms with Crippen molar-refractivity contribution in [2.24, 2.45) is 29.6 Å². The molecule has 10 heteroatoms. The van der Waals surface area contributed by atoms with Gasteiger partial charge in [0.2, 0.25) is 11.8 Å². The lowest BCUT2D eigenvalue weighted by Gasteiger charge is -2.43. The van der Waals surface area contributed by atoms with Crippen LogP contribution in [0, 0.1) is 29.6 Å². The van der Waals surface area contributed by atoms with Crippen molar-refractivity contribution in [1.82, 2.24) is 9.88 Å². The van der Waals surface area contributed by atoms with Gasteiger partial charge in [0.05, 0.1) is 30.1 Å². The first-order chi connectivity index (χ1) is 16.8. The van der Waals surface area contributed by atoms with Crippen LogP contribution >= 0.6 is 23.1 Å². The van der Waals surface area contributed by atoms with E-state index in [1.54, 1.807) is 32.7 Å². The van der Waals surface area contributed by atoms with Gasteiger partial charge in [-0.1, -0.05) is 29.5 Å². The number of aromatic amines is 1. The molecule has 6 rings (SSSR count). The second kappa shape index (κ2) is 8.23. The summed E-state index contributed by atoms with van der Waals surface area (Å²) in [5.74, 6) is -1.20. The van der Waals surface area contributed by atoms with Crippen LogP contribution in [0.15, 0.2) is 34.1 Å². The molecule has 1 N–H and O–H groups in total. The van der Waals surface area contributed by atoms with Gasteiger partial charge in [0.25, 0.3) is 0 Å². The number of nitrogens with one attached hydrogen (secondary N) is 1. The Balaban J connectivity index is 1.39. The number of nitrogens with zero attached hydrogens (tertiary/aromatic N) is 1. The van der Waals surface area contributed by atoms with Gasteiger partial charge in [0.15, 0.2) is 0 Å². The number of hydrogen-bond donors (Lipinski definition) is 1. The van der Waals surface area contributed by atoms with E-state index in [1.807, 2.05) is 24.3 Å². The summed E-state index contributed by atoms with van der Waals surface area (Å²) in [6.07, 6.45) is 0.484. The molecule has 2 saturated carbocycles. The van der Waals surface area contributed by atoms with E-state index in [2.05, 4.69) is 4.98 Å². The average Bonchev–Trinajstić information content (AvgIpc) is 3.54. The highest BCUT2D eigenvalue weighted by Crippen LogP contribution is 2.68. The number of methoxy groups -OCH3 is 1. The van der Waals surface area contributed by atoms with Crippen LogP contribution in [0.1, 0.15) is 36.6 Å². The standard InChI is InChI=1S/C25H26N2O6S2/c1-10(2)33-15(28)9-27-23(29)18-12-8-13(19(18)24(27)30)20-17(12)16(11-6-4-5-7-14(11)32-3)21-22(34-20)26-25(31)35-21/h4-7,10,12-13,16-20H,8-9H2,1-3H3,(H,26,31). The van der Waals surface area contributed by atoms with Gasteiger partial charge in [0, 0.05) is 21.6 Å². The minimum absolute atomic E-state index is 0.00895. The molecule has 2 aromatic rings. The number of fused-ring (bicyclic) bond motifs is 9. The Morgan fingerprint density at radius 3 is 2.57 bits per heavy atom. The van der Waals surface area contributed by atoms with E-state index in [9.17, 15) is 19.2 Å². The maximum atomic E-state index is 13.5. The van der Waals surface area contributed by atoms with Gasteiger partial charge < -0.3 is 14.5 Å². The van der Waals surface area contributed by atoms with Gasteiger partial charge in [-0.05, 0) is 44.1 Å². The summed E-state index contributed by atoms with van der Waals surface area (Å²) < 4.78 is 10.9. The second-order valence-electron chi connectivity index (χ2n) is 10.0. The number of ether oxygens (including phenoxy) is 2. The third-order valence-corrected chi connectivity index (χ3v) is 10.5. The third kappa shape index (κ3) is 3.32. The lowest BCUT2D eigenvalue weighted by atomic mass is 9.68. The van der Waals surface area contributed by atoms with Crippen LogP contribution in [-0.2, 0) is 19.1 Å². The number of amides is 2. The van der Waals surface area contributed by atoms with E-state index < -0.39 is 17.8 Å². The topological polar surface area (TPSA) is 106 Å². The first-order valence-electron chi connectivity index (χ1n) is 11.9. The maximum absolute atomic E-state index is 13.5. The first kappa shape index (κ1) is 22.8. The molecule has 35 heavy (non-hydrogen) atoms. The van der Waals surface area contributed by atoms with Crippen molar-refractivity contribution in [2.75, 3.05) is 13.7 Å². The largest absolute Gasteiger partial charge is 0.496 e. The van der Waals surface area contributed by atoms with E-state index in [-0.39, 0.29) is 58.3 Å². The van der Waals surface area contributed by atoms with Crippen molar-refractivity contribution in [3.8, 4) is 5.75 Å². The number of hydrogen-bond acceptors (Lipinski definition) is 8. The highest BCUT2D eigenvalue weighted by atomic mass is 32.2. The molecule has 0 radical (unpaired) electrons. The number of carbonyl (C=O) groups is 3. The number of rotatable bonds is 5. The number of para-hydroxylation sites is 1. The van der Waals surface area contributed by atoms with Gasteiger partial charge in [-0.2, -0.15) is 0 Å². The molecule has 1 saturated heterocycles. The zero-order chi connectivity index (χ0) is 24.6. The molecule has 2 aliphatic carbocycles. The molecule has 3 heterocycles. The number of imide groups is 1. The van der Waals surface area contributed by atoms with Crippen molar-refractivity contribution in [1.29, 1.82) is 0 Å². The molecule has 0 spiro atoms. The smallest absolute Gasteiger partial charge is 0.326 e. The first-order valence-corrected chi connectivity index (χ1v) is 13.6. The fraction of sp³-hybridized carbons (Fsp3) is 0.520. The van der Waals surface area contributed by atoms with Gasteiger partial charge in [-0.15, -0.1) is 11.8 Å². The predicted octanol–water partition coefficient (Wildman–Crippen LogP) is 2.87. The summed E-state index contributed by atoms with van der Waals surface area (Å²) in [6.45, 7) is 3.15. The fourth-order valence-electron chi connectivity index (χ4n) is 6.94. The summed E-state index contributed by atoms with van der Waals surface area (Å²) in [7, 11) is 1.64. The zero-order valence-electron chi connectivity index (χ0n) is 19.6. The molecular weight excluding hydrogens is 488 g/mol. The predicted molar refractivity (Wildman–Crippen MR) is 129 cm³/mol. The molecule has 1 aromatic heterocycles. The SMILES string of the molecule is COc1ccccc1C1c2sc(=O)[nH]c2SC2C3CC(C4C(=O)N(CC(=O)OC(C)C)C(=O)C34)C12. The Labute approximate surface area is 210 Å². The number of H-pyrrole nitrogens is 1. The van der Waals surface area contributed by atoms with Crippen LogP contribution in [0.2, 0.25) is 0 Å². The molecule has 2 aliphatic heterocycles. The molecule has 2 amide bonds. The molecule has 2 bridgehead atoms. The Morgan fingerprint density at radius 1 is 1.14 bits per heavy atom. The highest BCUT2D eigenvalue weighted by molar-refractivity contribution is 8.00. The maximum Gasteiger partial charge on any atom is 0.326 e. The Morgan fingerprint density at radius 2 is 1.86 bits per heavy atom. The quantitative estimate of drug-likeness (QED) is 0.483. The van der Waals surface area contributed by atoms with Crippen LogP contribution in [0.25, 0.3) is 0 Å². The number of carbonyl (C=O) groups excluding carboxylic acids is 3. The number of benzene rings is 1. The summed E-state index contributed by atoms with van der Waals surface area (Å²) in [5, 5.41) is 0.948. The summed E-state index contributed by atoms with van der Waals surface area (Å²) in [4.78, 5) is 56.6. The Hall–Kier alpha value is -2.59. The van der Waals surface area contributed by atoms with Crippen molar-refractivity contribution < 1.29 is 23.9 Å². The van der Waals surface area contributed by atoms with Gasteiger partial charge in [0.1, 0.15) is 12.3 Å². The minimum Gasteiger partial charge on any atom is -0.496 e. The lowest BCUT2D eigenvalue weighted by Crippen LogP contribution is -2.42. The zero-order valence-corrected chi connectivity index (χ0v) is 21.2. The average molecular weight is 515 g/mol. The van der Waals surface area contributed by atoms with Gasteiger partial charge >= 0.3 is 10.8 Å². The molecule has 1 aromatic carbocycles. The molecule has 7 atom stereocenters. The van der Waals surface area contributed by atoms with Crippen LogP contribution in [0.4, 0.5) is 0 Å². The molecular formula is C25H26N2O6S2. The molecule has 184 valence electrons. The monoisotopic (exact) mass is 514 g/mol. The number of thiazole rings is 1. The summed E-state index contributed by atoms with van der Waals surface area (Å²) >= 11 is 2.86. The van der Waals surface area contributed by atoms with Crippen molar-refractivity contribution in [3.05, 3.63) is 44.4 Å². The Kier molecular flexibility index (Phi) is 5.37. The third-order valence-electron chi connectivity index (χ3n) is 7.94. The Bertz CT molecular complexity index is 1280. The van der Waals surface area contributed by atoms with Crippen molar-refractivity contribution in [2.45, 2.75) is 42.6 Å². The highest BCUT2D eigenvalue weighted by Gasteiger charge is 2.69. The number of thioether (sulfide) groups is 1. The second-order valence-corrected chi connectivity index (χ2v) is 12.2. The van der Waals surface area contributed by atoms with E-state index >= 15 is 0 Å². The molecule has 7 unspecified atom stereocenters. The molecule has 4 aliphatic rings. The van der Waals surface area contributed by atoms with E-state index in [4.69, 9.17) is 9.47 Å². The molecule has 3 fully saturated rings. The fourth-order valence-corrected chi connectivity index (χ4v) is 9.81. The summed E-state index contributed by atoms with van der Waals surface area (Å²) in [6, 6.07) is 7.83. The van der Waals surface area contributed by atoms with Crippen LogP contribution < -0.4 is 9.61 Å². The van der Waals surface area contributed by atoms with Gasteiger partial charge in [-0.25, -0.2) is 0 Å². The van der Waals surface area contributed by atoms with Crippen LogP contribution in [-0.4, -0.2) is 52.7 Å². The van der Waals surface area contributed by atoms with E-state index in [0.717, 1.165) is 32.5 Å². The summed E-state index contributed by atoms with van der Waals surface area (Å²) in [5.41, 5.74) is 1.00. The van der Waals surface area contributed by atoms with Crippen molar-refractivity contribution in [3.63, 3.8) is 0 Å². The van der Waals surface area contributed by atoms with E-state index in [1.165, 1.54) is 11.3 Å². The van der Waals surface area contributed by atoms with E-state index in [0.29, 0.717) is 0 Å². The number of esters is 1. The van der Waals surface area contributed by atoms with Crippen molar-refractivity contribution >= 4 is 40.9 Å².